The Morgan fingerprint density at radius 2 is 1.88 bits per heavy atom. The topological polar surface area (TPSA) is 81.4 Å². The molecule has 174 valence electrons. The second-order valence-electron chi connectivity index (χ2n) is 8.20. The Labute approximate surface area is 197 Å². The number of para-hydroxylation sites is 1. The lowest BCUT2D eigenvalue weighted by molar-refractivity contribution is -0.127. The van der Waals surface area contributed by atoms with Crippen LogP contribution < -0.4 is 5.32 Å². The molecule has 0 aliphatic carbocycles. The van der Waals surface area contributed by atoms with Gasteiger partial charge < -0.3 is 14.8 Å². The van der Waals surface area contributed by atoms with Crippen LogP contribution in [0.15, 0.2) is 60.8 Å². The molecular weight excluding hydrogens is 433 g/mol. The van der Waals surface area contributed by atoms with Crippen LogP contribution in [0.4, 0.5) is 10.1 Å². The van der Waals surface area contributed by atoms with Gasteiger partial charge in [-0.15, -0.1) is 0 Å². The standard InChI is InChI=1S/C26H26FN5O2/c27-21-5-3-6-22(17-21)29-25(33)19-30-13-15-31(16-14-30)26(34)10-9-20-18-32(12-4-11-28)24-8-2-1-7-23(20)24/h1-3,5-10,17-18H,4,12-16,19H2,(H,29,33)/b10-9+. The molecule has 1 fully saturated rings. The van der Waals surface area contributed by atoms with Crippen LogP contribution in [0.25, 0.3) is 17.0 Å². The number of benzene rings is 2. The molecule has 3 aromatic rings. The quantitative estimate of drug-likeness (QED) is 0.549. The number of nitriles is 1. The third-order valence-corrected chi connectivity index (χ3v) is 5.85. The number of piperazine rings is 1. The Hall–Kier alpha value is -3.96. The van der Waals surface area contributed by atoms with Crippen molar-refractivity contribution in [2.24, 2.45) is 0 Å². The van der Waals surface area contributed by atoms with Gasteiger partial charge in [0.05, 0.1) is 19.0 Å². The van der Waals surface area contributed by atoms with Gasteiger partial charge in [-0.25, -0.2) is 4.39 Å². The molecule has 1 aliphatic heterocycles. The van der Waals surface area contributed by atoms with Crippen LogP contribution in [0.3, 0.4) is 0 Å². The molecule has 1 aliphatic rings. The first-order chi connectivity index (χ1) is 16.5. The molecule has 8 heteroatoms. The van der Waals surface area contributed by atoms with Crippen molar-refractivity contribution >= 4 is 34.5 Å². The van der Waals surface area contributed by atoms with Gasteiger partial charge in [-0.3, -0.25) is 14.5 Å². The minimum Gasteiger partial charge on any atom is -0.346 e. The number of hydrogen-bond acceptors (Lipinski definition) is 4. The average Bonchev–Trinajstić information content (AvgIpc) is 3.19. The van der Waals surface area contributed by atoms with Crippen LogP contribution in [-0.2, 0) is 16.1 Å². The fourth-order valence-corrected chi connectivity index (χ4v) is 4.13. The summed E-state index contributed by atoms with van der Waals surface area (Å²) in [5, 5.41) is 12.6. The summed E-state index contributed by atoms with van der Waals surface area (Å²) in [6.45, 7) is 3.03. The number of carbonyl (C=O) groups is 2. The van der Waals surface area contributed by atoms with Crippen LogP contribution in [0.5, 0.6) is 0 Å². The molecule has 1 aromatic heterocycles. The first kappa shape index (κ1) is 23.2. The normalized spacial score (nSPS) is 14.4. The Balaban J connectivity index is 1.31. The van der Waals surface area contributed by atoms with E-state index in [1.165, 1.54) is 12.1 Å². The van der Waals surface area contributed by atoms with Crippen molar-refractivity contribution in [1.82, 2.24) is 14.4 Å². The van der Waals surface area contributed by atoms with Crippen molar-refractivity contribution in [2.75, 3.05) is 38.0 Å². The Bertz CT molecular complexity index is 1250. The molecule has 1 saturated heterocycles. The molecule has 2 amide bonds. The zero-order chi connectivity index (χ0) is 23.9. The van der Waals surface area contributed by atoms with E-state index in [2.05, 4.69) is 11.4 Å². The van der Waals surface area contributed by atoms with Crippen LogP contribution in [0.1, 0.15) is 12.0 Å². The van der Waals surface area contributed by atoms with Gasteiger partial charge in [0.25, 0.3) is 0 Å². The second kappa shape index (κ2) is 10.8. The number of hydrogen-bond donors (Lipinski definition) is 1. The third-order valence-electron chi connectivity index (χ3n) is 5.85. The van der Waals surface area contributed by atoms with Gasteiger partial charge in [-0.1, -0.05) is 24.3 Å². The minimum atomic E-state index is -0.398. The molecular formula is C26H26FN5O2. The molecule has 0 saturated carbocycles. The van der Waals surface area contributed by atoms with Crippen LogP contribution in [0.2, 0.25) is 0 Å². The first-order valence-corrected chi connectivity index (χ1v) is 11.2. The van der Waals surface area contributed by atoms with Crippen LogP contribution >= 0.6 is 0 Å². The smallest absolute Gasteiger partial charge is 0.246 e. The molecule has 7 nitrogen and oxygen atoms in total. The van der Waals surface area contributed by atoms with Gasteiger partial charge in [0.1, 0.15) is 5.82 Å². The van der Waals surface area contributed by atoms with Crippen molar-refractivity contribution in [1.29, 1.82) is 5.26 Å². The summed E-state index contributed by atoms with van der Waals surface area (Å²) in [4.78, 5) is 28.7. The molecule has 4 rings (SSSR count). The summed E-state index contributed by atoms with van der Waals surface area (Å²) < 4.78 is 15.3. The lowest BCUT2D eigenvalue weighted by Crippen LogP contribution is -2.50. The van der Waals surface area contributed by atoms with Gasteiger partial charge in [0, 0.05) is 67.2 Å². The number of rotatable bonds is 7. The SMILES string of the molecule is N#CCCn1cc(/C=C/C(=O)N2CCN(CC(=O)Nc3cccc(F)c3)CC2)c2ccccc21. The van der Waals surface area contributed by atoms with Crippen LogP contribution in [0, 0.1) is 17.1 Å². The van der Waals surface area contributed by atoms with E-state index in [0.29, 0.717) is 44.8 Å². The fraction of sp³-hybridized carbons (Fsp3) is 0.269. The highest BCUT2D eigenvalue weighted by Gasteiger charge is 2.21. The van der Waals surface area contributed by atoms with Crippen molar-refractivity contribution in [3.8, 4) is 6.07 Å². The van der Waals surface area contributed by atoms with E-state index in [0.717, 1.165) is 16.5 Å². The zero-order valence-corrected chi connectivity index (χ0v) is 18.8. The Kier molecular flexibility index (Phi) is 7.35. The van der Waals surface area contributed by atoms with Gasteiger partial charge in [0.2, 0.25) is 11.8 Å². The maximum absolute atomic E-state index is 13.3. The van der Waals surface area contributed by atoms with Gasteiger partial charge in [-0.05, 0) is 30.3 Å². The van der Waals surface area contributed by atoms with Gasteiger partial charge >= 0.3 is 0 Å². The molecule has 1 N–H and O–H groups in total. The van der Waals surface area contributed by atoms with E-state index < -0.39 is 5.82 Å². The lowest BCUT2D eigenvalue weighted by Gasteiger charge is -2.33. The Morgan fingerprint density at radius 1 is 1.09 bits per heavy atom. The Morgan fingerprint density at radius 3 is 2.65 bits per heavy atom. The van der Waals surface area contributed by atoms with E-state index in [-0.39, 0.29) is 18.4 Å². The highest BCUT2D eigenvalue weighted by molar-refractivity contribution is 5.96. The number of nitrogens with zero attached hydrogens (tertiary/aromatic N) is 4. The van der Waals surface area contributed by atoms with Crippen LogP contribution in [-0.4, -0.2) is 58.9 Å². The maximum Gasteiger partial charge on any atom is 0.246 e. The average molecular weight is 460 g/mol. The molecule has 0 atom stereocenters. The molecule has 2 heterocycles. The second-order valence-corrected chi connectivity index (χ2v) is 8.20. The molecule has 0 spiro atoms. The molecule has 0 bridgehead atoms. The van der Waals surface area contributed by atoms with Gasteiger partial charge in [-0.2, -0.15) is 5.26 Å². The van der Waals surface area contributed by atoms with E-state index in [4.69, 9.17) is 5.26 Å². The lowest BCUT2D eigenvalue weighted by atomic mass is 10.1. The number of carbonyl (C=O) groups excluding carboxylic acids is 2. The summed E-state index contributed by atoms with van der Waals surface area (Å²) in [7, 11) is 0. The predicted octanol–water partition coefficient (Wildman–Crippen LogP) is 3.49. The number of halogens is 1. The molecule has 0 unspecified atom stereocenters. The number of nitrogens with one attached hydrogen (secondary N) is 1. The van der Waals surface area contributed by atoms with E-state index >= 15 is 0 Å². The number of anilines is 1. The fourth-order valence-electron chi connectivity index (χ4n) is 4.13. The van der Waals surface area contributed by atoms with Crippen molar-refractivity contribution in [3.05, 3.63) is 72.2 Å². The largest absolute Gasteiger partial charge is 0.346 e. The van der Waals surface area contributed by atoms with E-state index in [1.807, 2.05) is 46.0 Å². The zero-order valence-electron chi connectivity index (χ0n) is 18.8. The van der Waals surface area contributed by atoms with Gasteiger partial charge in [0.15, 0.2) is 0 Å². The minimum absolute atomic E-state index is 0.0716. The van der Waals surface area contributed by atoms with E-state index in [9.17, 15) is 14.0 Å². The number of fused-ring (bicyclic) bond motifs is 1. The maximum atomic E-state index is 13.3. The van der Waals surface area contributed by atoms with E-state index in [1.54, 1.807) is 23.1 Å². The summed E-state index contributed by atoms with van der Waals surface area (Å²) in [5.41, 5.74) is 2.41. The first-order valence-electron chi connectivity index (χ1n) is 11.2. The number of amides is 2. The summed E-state index contributed by atoms with van der Waals surface area (Å²) in [6, 6.07) is 15.9. The van der Waals surface area contributed by atoms with Crippen molar-refractivity contribution < 1.29 is 14.0 Å². The molecule has 0 radical (unpaired) electrons. The monoisotopic (exact) mass is 459 g/mol. The summed E-state index contributed by atoms with van der Waals surface area (Å²) in [5.74, 6) is -0.680. The predicted molar refractivity (Wildman–Crippen MR) is 129 cm³/mol. The summed E-state index contributed by atoms with van der Waals surface area (Å²) >= 11 is 0. The van der Waals surface area contributed by atoms with Crippen molar-refractivity contribution in [3.63, 3.8) is 0 Å². The summed E-state index contributed by atoms with van der Waals surface area (Å²) in [6.07, 6.45) is 5.81. The highest BCUT2D eigenvalue weighted by Crippen LogP contribution is 2.23. The molecule has 2 aromatic carbocycles. The molecule has 34 heavy (non-hydrogen) atoms. The third kappa shape index (κ3) is 5.69. The number of aromatic nitrogens is 1. The highest BCUT2D eigenvalue weighted by atomic mass is 19.1. The number of aryl methyl sites for hydroxylation is 1. The van der Waals surface area contributed by atoms with Crippen molar-refractivity contribution in [2.45, 2.75) is 13.0 Å².